The monoisotopic (exact) mass is 216 g/mol. The van der Waals surface area contributed by atoms with Gasteiger partial charge in [0.05, 0.1) is 0 Å². The molecule has 0 aromatic heterocycles. The van der Waals surface area contributed by atoms with Gasteiger partial charge in [0.2, 0.25) is 0 Å². The van der Waals surface area contributed by atoms with Gasteiger partial charge in [-0.15, -0.1) is 0 Å². The lowest BCUT2D eigenvalue weighted by Gasteiger charge is -2.09. The molecular formula is C9H7F3N2O. The number of carbonyl (C=O) groups is 1. The first-order valence-electron chi connectivity index (χ1n) is 3.92. The number of nitrogens with zero attached hydrogens (tertiary/aromatic N) is 1. The Balaban J connectivity index is 3.20. The average molecular weight is 216 g/mol. The van der Waals surface area contributed by atoms with Crippen LogP contribution in [0.1, 0.15) is 5.56 Å². The molecule has 0 unspecified atom stereocenters. The molecular weight excluding hydrogens is 209 g/mol. The zero-order chi connectivity index (χ0) is 11.5. The number of hydrogen-bond acceptors (Lipinski definition) is 1. The topological polar surface area (TPSA) is 55.5 Å². The van der Waals surface area contributed by atoms with Crippen LogP contribution in [-0.2, 0) is 0 Å². The largest absolute Gasteiger partial charge is 0.434 e. The number of alkyl halides is 3. The number of rotatable bonds is 1. The Morgan fingerprint density at radius 3 is 2.13 bits per heavy atom. The minimum absolute atomic E-state index is 0.191. The summed E-state index contributed by atoms with van der Waals surface area (Å²) in [7, 11) is 0. The van der Waals surface area contributed by atoms with Crippen LogP contribution in [0.15, 0.2) is 35.3 Å². The van der Waals surface area contributed by atoms with Gasteiger partial charge in [0.15, 0.2) is 5.71 Å². The summed E-state index contributed by atoms with van der Waals surface area (Å²) >= 11 is 0. The predicted octanol–water partition coefficient (Wildman–Crippen LogP) is 2.12. The van der Waals surface area contributed by atoms with Crippen molar-refractivity contribution in [2.24, 2.45) is 10.7 Å². The minimum Gasteiger partial charge on any atom is -0.350 e. The third-order valence-electron chi connectivity index (χ3n) is 1.54. The number of hydrogen-bond donors (Lipinski definition) is 1. The molecule has 1 aromatic carbocycles. The quantitative estimate of drug-likeness (QED) is 0.718. The van der Waals surface area contributed by atoms with E-state index in [1.807, 2.05) is 0 Å². The Morgan fingerprint density at radius 2 is 1.73 bits per heavy atom. The Bertz CT molecular complexity index is 384. The van der Waals surface area contributed by atoms with Gasteiger partial charge in [-0.05, 0) is 0 Å². The lowest BCUT2D eigenvalue weighted by atomic mass is 10.1. The molecule has 1 rings (SSSR count). The van der Waals surface area contributed by atoms with Crippen molar-refractivity contribution in [3.63, 3.8) is 0 Å². The molecule has 0 radical (unpaired) electrons. The number of primary amides is 1. The van der Waals surface area contributed by atoms with E-state index in [1.54, 1.807) is 6.07 Å². The first-order valence-corrected chi connectivity index (χ1v) is 3.92. The lowest BCUT2D eigenvalue weighted by Crippen LogP contribution is -2.26. The number of halogens is 3. The fraction of sp³-hybridized carbons (Fsp3) is 0.111. The van der Waals surface area contributed by atoms with E-state index in [2.05, 4.69) is 10.7 Å². The molecule has 0 fully saturated rings. The van der Waals surface area contributed by atoms with Gasteiger partial charge >= 0.3 is 12.2 Å². The molecule has 2 amide bonds. The van der Waals surface area contributed by atoms with Crippen molar-refractivity contribution >= 4 is 11.7 Å². The van der Waals surface area contributed by atoms with Crippen LogP contribution in [0, 0.1) is 0 Å². The molecule has 3 nitrogen and oxygen atoms in total. The molecule has 0 saturated heterocycles. The van der Waals surface area contributed by atoms with Gasteiger partial charge in [-0.3, -0.25) is 0 Å². The second-order valence-corrected chi connectivity index (χ2v) is 2.66. The van der Waals surface area contributed by atoms with Gasteiger partial charge in [-0.25, -0.2) is 4.79 Å². The van der Waals surface area contributed by atoms with E-state index >= 15 is 0 Å². The normalized spacial score (nSPS) is 12.6. The predicted molar refractivity (Wildman–Crippen MR) is 48.6 cm³/mol. The van der Waals surface area contributed by atoms with Crippen molar-refractivity contribution in [2.75, 3.05) is 0 Å². The standard InChI is InChI=1S/C9H7F3N2O/c10-9(11,12)7(14-8(13)15)6-4-2-1-3-5-6/h1-5H,(H2,13,15). The second kappa shape index (κ2) is 4.12. The maximum Gasteiger partial charge on any atom is 0.434 e. The Morgan fingerprint density at radius 1 is 1.20 bits per heavy atom. The number of urea groups is 1. The summed E-state index contributed by atoms with van der Waals surface area (Å²) < 4.78 is 37.3. The van der Waals surface area contributed by atoms with Gasteiger partial charge in [-0.1, -0.05) is 30.3 Å². The van der Waals surface area contributed by atoms with Crippen LogP contribution in [0.3, 0.4) is 0 Å². The molecule has 0 aliphatic rings. The van der Waals surface area contributed by atoms with Crippen molar-refractivity contribution in [3.05, 3.63) is 35.9 Å². The van der Waals surface area contributed by atoms with Crippen LogP contribution in [-0.4, -0.2) is 17.9 Å². The third kappa shape index (κ3) is 3.08. The van der Waals surface area contributed by atoms with Crippen molar-refractivity contribution in [2.45, 2.75) is 6.18 Å². The highest BCUT2D eigenvalue weighted by Crippen LogP contribution is 2.22. The first-order chi connectivity index (χ1) is 6.91. The Kier molecular flexibility index (Phi) is 3.08. The number of carbonyl (C=O) groups excluding carboxylic acids is 1. The molecule has 0 aliphatic carbocycles. The fourth-order valence-electron chi connectivity index (χ4n) is 0.998. The van der Waals surface area contributed by atoms with Crippen LogP contribution in [0.5, 0.6) is 0 Å². The highest BCUT2D eigenvalue weighted by molar-refractivity contribution is 6.09. The number of benzene rings is 1. The highest BCUT2D eigenvalue weighted by atomic mass is 19.4. The number of amides is 2. The maximum atomic E-state index is 12.4. The first kappa shape index (κ1) is 11.2. The van der Waals surface area contributed by atoms with Crippen LogP contribution >= 0.6 is 0 Å². The molecule has 0 spiro atoms. The molecule has 0 atom stereocenters. The summed E-state index contributed by atoms with van der Waals surface area (Å²) in [5.74, 6) is 0. The van der Waals surface area contributed by atoms with Crippen molar-refractivity contribution in [1.82, 2.24) is 0 Å². The molecule has 0 bridgehead atoms. The van der Waals surface area contributed by atoms with E-state index in [1.165, 1.54) is 24.3 Å². The second-order valence-electron chi connectivity index (χ2n) is 2.66. The molecule has 0 heterocycles. The van der Waals surface area contributed by atoms with E-state index in [-0.39, 0.29) is 5.56 Å². The van der Waals surface area contributed by atoms with E-state index < -0.39 is 17.9 Å². The zero-order valence-electron chi connectivity index (χ0n) is 7.45. The summed E-state index contributed by atoms with van der Waals surface area (Å²) in [5, 5.41) is 0. The van der Waals surface area contributed by atoms with Crippen molar-refractivity contribution in [3.8, 4) is 0 Å². The highest BCUT2D eigenvalue weighted by Gasteiger charge is 2.37. The van der Waals surface area contributed by atoms with Gasteiger partial charge in [0, 0.05) is 5.56 Å². The lowest BCUT2D eigenvalue weighted by molar-refractivity contribution is -0.0580. The maximum absolute atomic E-state index is 12.4. The molecule has 2 N–H and O–H groups in total. The van der Waals surface area contributed by atoms with E-state index in [9.17, 15) is 18.0 Å². The number of aliphatic imine (C=N–C) groups is 1. The van der Waals surface area contributed by atoms with Crippen LogP contribution < -0.4 is 5.73 Å². The Hall–Kier alpha value is -1.85. The summed E-state index contributed by atoms with van der Waals surface area (Å²) in [6, 6.07) is 5.42. The third-order valence-corrected chi connectivity index (χ3v) is 1.54. The van der Waals surface area contributed by atoms with E-state index in [0.29, 0.717) is 0 Å². The number of nitrogens with two attached hydrogens (primary N) is 1. The zero-order valence-corrected chi connectivity index (χ0v) is 7.45. The molecule has 6 heteroatoms. The summed E-state index contributed by atoms with van der Waals surface area (Å²) in [6.45, 7) is 0. The van der Waals surface area contributed by atoms with E-state index in [0.717, 1.165) is 0 Å². The Labute approximate surface area is 83.4 Å². The van der Waals surface area contributed by atoms with Gasteiger partial charge in [0.1, 0.15) is 0 Å². The molecule has 0 aliphatic heterocycles. The molecule has 0 saturated carbocycles. The average Bonchev–Trinajstić information content (AvgIpc) is 2.14. The smallest absolute Gasteiger partial charge is 0.350 e. The molecule has 15 heavy (non-hydrogen) atoms. The van der Waals surface area contributed by atoms with Crippen molar-refractivity contribution < 1.29 is 18.0 Å². The summed E-state index contributed by atoms with van der Waals surface area (Å²) in [5.41, 5.74) is 3.13. The summed E-state index contributed by atoms with van der Waals surface area (Å²) in [4.78, 5) is 13.1. The fourth-order valence-corrected chi connectivity index (χ4v) is 0.998. The van der Waals surface area contributed by atoms with Crippen molar-refractivity contribution in [1.29, 1.82) is 0 Å². The van der Waals surface area contributed by atoms with Crippen LogP contribution in [0.25, 0.3) is 0 Å². The van der Waals surface area contributed by atoms with Gasteiger partial charge < -0.3 is 5.73 Å². The van der Waals surface area contributed by atoms with E-state index in [4.69, 9.17) is 0 Å². The van der Waals surface area contributed by atoms with Gasteiger partial charge in [0.25, 0.3) is 0 Å². The minimum atomic E-state index is -4.70. The molecule has 1 aromatic rings. The van der Waals surface area contributed by atoms with Gasteiger partial charge in [-0.2, -0.15) is 18.2 Å². The SMILES string of the molecule is NC(=O)N=C(c1ccccc1)C(F)(F)F. The summed E-state index contributed by atoms with van der Waals surface area (Å²) in [6.07, 6.45) is -4.70. The van der Waals surface area contributed by atoms with Crippen LogP contribution in [0.2, 0.25) is 0 Å². The van der Waals surface area contributed by atoms with Crippen LogP contribution in [0.4, 0.5) is 18.0 Å². The molecule has 80 valence electrons.